The molecule has 0 aliphatic carbocycles. The molecule has 0 fully saturated rings. The summed E-state index contributed by atoms with van der Waals surface area (Å²) >= 11 is 0. The molecule has 0 bridgehead atoms. The molecule has 1 rings (SSSR count). The van der Waals surface area contributed by atoms with Crippen LogP contribution in [0.1, 0.15) is 12.5 Å². The van der Waals surface area contributed by atoms with Crippen LogP contribution in [0.25, 0.3) is 6.08 Å². The maximum Gasteiger partial charge on any atom is 1.00 e. The second-order valence-corrected chi connectivity index (χ2v) is 3.40. The zero-order valence-corrected chi connectivity index (χ0v) is 15.2. The van der Waals surface area contributed by atoms with Crippen LogP contribution < -0.4 is 69.3 Å². The summed E-state index contributed by atoms with van der Waals surface area (Å²) in [6, 6.07) is 8.69. The Morgan fingerprint density at radius 3 is 2.00 bits per heavy atom. The molecular formula is C13H10Na2O4. The zero-order chi connectivity index (χ0) is 12.8. The van der Waals surface area contributed by atoms with Crippen LogP contribution in [0, 0.1) is 0 Å². The molecule has 1 aromatic carbocycles. The predicted octanol–water partition coefficient (Wildman–Crippen LogP) is -6.48. The summed E-state index contributed by atoms with van der Waals surface area (Å²) in [7, 11) is 0. The number of benzene rings is 1. The largest absolute Gasteiger partial charge is 1.00 e. The molecule has 0 atom stereocenters. The summed E-state index contributed by atoms with van der Waals surface area (Å²) in [5.41, 5.74) is 0.548. The molecule has 0 radical (unpaired) electrons. The van der Waals surface area contributed by atoms with Crippen LogP contribution in [-0.4, -0.2) is 11.9 Å². The molecule has 0 unspecified atom stereocenters. The van der Waals surface area contributed by atoms with Crippen molar-refractivity contribution in [3.05, 3.63) is 53.1 Å². The Hall–Kier alpha value is -0.360. The van der Waals surface area contributed by atoms with Crippen LogP contribution in [0.15, 0.2) is 47.6 Å². The van der Waals surface area contributed by atoms with E-state index >= 15 is 0 Å². The van der Waals surface area contributed by atoms with Crippen molar-refractivity contribution in [2.45, 2.75) is 6.92 Å². The average molecular weight is 276 g/mol. The molecule has 1 aromatic rings. The van der Waals surface area contributed by atoms with Gasteiger partial charge in [0.05, 0.1) is 11.9 Å². The third-order valence-electron chi connectivity index (χ3n) is 2.09. The first-order chi connectivity index (χ1) is 8.00. The van der Waals surface area contributed by atoms with Crippen LogP contribution in [0.3, 0.4) is 0 Å². The monoisotopic (exact) mass is 276 g/mol. The Morgan fingerprint density at radius 1 is 1.05 bits per heavy atom. The number of rotatable bonds is 4. The number of hydrogen-bond donors (Lipinski definition) is 0. The summed E-state index contributed by atoms with van der Waals surface area (Å²) < 4.78 is 0. The van der Waals surface area contributed by atoms with E-state index in [9.17, 15) is 19.8 Å². The summed E-state index contributed by atoms with van der Waals surface area (Å²) in [5.74, 6) is -2.87. The molecule has 19 heavy (non-hydrogen) atoms. The molecule has 0 spiro atoms. The molecule has 0 N–H and O–H groups in total. The van der Waals surface area contributed by atoms with E-state index in [0.29, 0.717) is 5.56 Å². The quantitative estimate of drug-likeness (QED) is 0.311. The van der Waals surface area contributed by atoms with E-state index in [1.54, 1.807) is 30.3 Å². The molecule has 0 amide bonds. The van der Waals surface area contributed by atoms with Gasteiger partial charge in [-0.15, -0.1) is 0 Å². The minimum Gasteiger partial charge on any atom is -0.545 e. The zero-order valence-electron chi connectivity index (χ0n) is 11.2. The van der Waals surface area contributed by atoms with E-state index < -0.39 is 11.9 Å². The van der Waals surface area contributed by atoms with Crippen LogP contribution >= 0.6 is 0 Å². The van der Waals surface area contributed by atoms with Gasteiger partial charge in [0.15, 0.2) is 0 Å². The fraction of sp³-hybridized carbons (Fsp3) is 0.0769. The fourth-order valence-corrected chi connectivity index (χ4v) is 1.30. The van der Waals surface area contributed by atoms with Crippen molar-refractivity contribution in [1.82, 2.24) is 0 Å². The van der Waals surface area contributed by atoms with E-state index in [1.165, 1.54) is 13.0 Å². The van der Waals surface area contributed by atoms with Gasteiger partial charge in [-0.3, -0.25) is 0 Å². The van der Waals surface area contributed by atoms with E-state index in [-0.39, 0.29) is 70.3 Å². The molecule has 0 saturated heterocycles. The van der Waals surface area contributed by atoms with E-state index in [1.807, 2.05) is 0 Å². The van der Waals surface area contributed by atoms with Crippen molar-refractivity contribution in [2.24, 2.45) is 0 Å². The number of carbonyl (C=O) groups is 2. The van der Waals surface area contributed by atoms with Gasteiger partial charge in [0.2, 0.25) is 0 Å². The topological polar surface area (TPSA) is 80.3 Å². The third kappa shape index (κ3) is 7.72. The molecule has 0 heterocycles. The van der Waals surface area contributed by atoms with Crippen LogP contribution in [-0.2, 0) is 9.59 Å². The normalized spacial score (nSPS) is 11.0. The first-order valence-corrected chi connectivity index (χ1v) is 4.88. The first kappa shape index (κ1) is 20.9. The van der Waals surface area contributed by atoms with Crippen molar-refractivity contribution < 1.29 is 78.9 Å². The maximum absolute atomic E-state index is 10.9. The molecule has 4 nitrogen and oxygen atoms in total. The Labute approximate surface area is 155 Å². The molecular weight excluding hydrogens is 266 g/mol. The van der Waals surface area contributed by atoms with Gasteiger partial charge in [-0.25, -0.2) is 0 Å². The summed E-state index contributed by atoms with van der Waals surface area (Å²) in [4.78, 5) is 21.3. The smallest absolute Gasteiger partial charge is 0.545 e. The molecule has 0 aromatic heterocycles. The van der Waals surface area contributed by atoms with Crippen molar-refractivity contribution in [2.75, 3.05) is 0 Å². The number of carbonyl (C=O) groups excluding carboxylic acids is 2. The molecule has 6 heteroatoms. The van der Waals surface area contributed by atoms with Crippen LogP contribution in [0.5, 0.6) is 0 Å². The third-order valence-corrected chi connectivity index (χ3v) is 2.09. The number of aliphatic carboxylic acids is 2. The Kier molecular flexibility index (Phi) is 11.5. The average Bonchev–Trinajstić information content (AvgIpc) is 2.25. The predicted molar refractivity (Wildman–Crippen MR) is 58.2 cm³/mol. The molecule has 0 saturated carbocycles. The summed E-state index contributed by atoms with van der Waals surface area (Å²) in [5, 5.41) is 21.3. The Bertz CT molecular complexity index is 493. The standard InChI is InChI=1S/C13H12O4.2Na/c1-9(7-12(14)15)11(13(16)17)8-10-5-3-2-4-6-10;;/h2-8H,1H3,(H,14,15)(H,16,17);;/q;2*+1/p-2/b9-7+,11-8+;;. The minimum atomic E-state index is -1.44. The van der Waals surface area contributed by atoms with Gasteiger partial charge in [-0.1, -0.05) is 30.3 Å². The van der Waals surface area contributed by atoms with E-state index in [4.69, 9.17) is 0 Å². The van der Waals surface area contributed by atoms with Crippen molar-refractivity contribution in [1.29, 1.82) is 0 Å². The summed E-state index contributed by atoms with van der Waals surface area (Å²) in [6.07, 6.45) is 2.08. The van der Waals surface area contributed by atoms with E-state index in [2.05, 4.69) is 0 Å². The molecule has 88 valence electrons. The SMILES string of the molecule is CC(=C\C(=O)[O-])/C(=C\c1ccccc1)C(=O)[O-].[Na+].[Na+]. The molecule has 0 aliphatic rings. The van der Waals surface area contributed by atoms with Gasteiger partial charge in [0.25, 0.3) is 0 Å². The second-order valence-electron chi connectivity index (χ2n) is 3.40. The minimum absolute atomic E-state index is 0. The number of hydrogen-bond acceptors (Lipinski definition) is 4. The van der Waals surface area contributed by atoms with Crippen molar-refractivity contribution in [3.8, 4) is 0 Å². The Balaban J connectivity index is 0. The van der Waals surface area contributed by atoms with Gasteiger partial charge in [0, 0.05) is 5.57 Å². The molecule has 0 aliphatic heterocycles. The first-order valence-electron chi connectivity index (χ1n) is 4.88. The maximum atomic E-state index is 10.9. The number of carboxylic acids is 2. The van der Waals surface area contributed by atoms with Gasteiger partial charge < -0.3 is 19.8 Å². The van der Waals surface area contributed by atoms with E-state index in [0.717, 1.165) is 6.08 Å². The van der Waals surface area contributed by atoms with Gasteiger partial charge in [0.1, 0.15) is 0 Å². The van der Waals surface area contributed by atoms with Crippen LogP contribution in [0.4, 0.5) is 0 Å². The van der Waals surface area contributed by atoms with Crippen molar-refractivity contribution >= 4 is 18.0 Å². The van der Waals surface area contributed by atoms with Gasteiger partial charge >= 0.3 is 59.1 Å². The summed E-state index contributed by atoms with van der Waals surface area (Å²) in [6.45, 7) is 1.38. The van der Waals surface area contributed by atoms with Crippen LogP contribution in [0.2, 0.25) is 0 Å². The van der Waals surface area contributed by atoms with Crippen molar-refractivity contribution in [3.63, 3.8) is 0 Å². The fourth-order valence-electron chi connectivity index (χ4n) is 1.30. The van der Waals surface area contributed by atoms with Gasteiger partial charge in [-0.05, 0) is 30.2 Å². The number of carboxylic acid groups (broad SMARTS) is 2. The van der Waals surface area contributed by atoms with Gasteiger partial charge in [-0.2, -0.15) is 0 Å². The Morgan fingerprint density at radius 2 is 1.58 bits per heavy atom. The second kappa shape index (κ2) is 10.4.